The summed E-state index contributed by atoms with van der Waals surface area (Å²) < 4.78 is 1.70. The molecule has 7 heteroatoms. The molecule has 2 aromatic rings. The average molecular weight is 363 g/mol. The van der Waals surface area contributed by atoms with E-state index in [0.29, 0.717) is 12.6 Å². The van der Waals surface area contributed by atoms with Gasteiger partial charge in [0.05, 0.1) is 22.9 Å². The van der Waals surface area contributed by atoms with Crippen LogP contribution in [-0.4, -0.2) is 38.0 Å². The second kappa shape index (κ2) is 6.98. The Morgan fingerprint density at radius 2 is 2.33 bits per heavy atom. The first-order valence-corrected chi connectivity index (χ1v) is 10.6. The molecule has 0 saturated carbocycles. The first kappa shape index (κ1) is 16.3. The number of rotatable bonds is 4. The maximum absolute atomic E-state index is 12.4. The molecule has 24 heavy (non-hydrogen) atoms. The number of nitrogens with zero attached hydrogens (tertiary/aromatic N) is 4. The number of thioether (sulfide) groups is 1. The zero-order valence-electron chi connectivity index (χ0n) is 13.9. The molecule has 128 valence electrons. The minimum absolute atomic E-state index is 0.0487. The van der Waals surface area contributed by atoms with Crippen LogP contribution in [0.25, 0.3) is 0 Å². The summed E-state index contributed by atoms with van der Waals surface area (Å²) in [4.78, 5) is 19.4. The van der Waals surface area contributed by atoms with E-state index in [1.165, 1.54) is 6.42 Å². The summed E-state index contributed by atoms with van der Waals surface area (Å²) in [5, 5.41) is 7.93. The normalized spacial score (nSPS) is 21.1. The lowest BCUT2D eigenvalue weighted by Crippen LogP contribution is -2.37. The Labute approximate surface area is 150 Å². The molecule has 1 atom stereocenters. The third-order valence-corrected chi connectivity index (χ3v) is 6.65. The number of hydrogen-bond acceptors (Lipinski definition) is 6. The van der Waals surface area contributed by atoms with Gasteiger partial charge in [-0.3, -0.25) is 9.69 Å². The molecule has 0 bridgehead atoms. The minimum Gasteiger partial charge on any atom is -0.293 e. The molecule has 1 fully saturated rings. The summed E-state index contributed by atoms with van der Waals surface area (Å²) in [6.45, 7) is 4.70. The molecular formula is C17H22N4OS2. The van der Waals surface area contributed by atoms with Gasteiger partial charge in [-0.2, -0.15) is 16.9 Å². The van der Waals surface area contributed by atoms with Crippen molar-refractivity contribution in [3.8, 4) is 0 Å². The molecule has 0 radical (unpaired) electrons. The Morgan fingerprint density at radius 1 is 1.42 bits per heavy atom. The van der Waals surface area contributed by atoms with E-state index < -0.39 is 0 Å². The van der Waals surface area contributed by atoms with Crippen LogP contribution in [0.4, 0.5) is 0 Å². The Hall–Kier alpha value is -1.18. The highest BCUT2D eigenvalue weighted by molar-refractivity contribution is 7.98. The summed E-state index contributed by atoms with van der Waals surface area (Å²) in [5.41, 5.74) is 3.45. The molecule has 1 unspecified atom stereocenters. The molecular weight excluding hydrogens is 340 g/mol. The van der Waals surface area contributed by atoms with Crippen molar-refractivity contribution in [2.24, 2.45) is 0 Å². The van der Waals surface area contributed by atoms with Crippen molar-refractivity contribution in [3.63, 3.8) is 0 Å². The zero-order valence-corrected chi connectivity index (χ0v) is 15.5. The van der Waals surface area contributed by atoms with Crippen LogP contribution < -0.4 is 5.56 Å². The maximum atomic E-state index is 12.4. The molecule has 0 amide bonds. The number of aromatic nitrogens is 3. The number of fused-ring (bicyclic) bond motifs is 1. The third kappa shape index (κ3) is 3.43. The highest BCUT2D eigenvalue weighted by Gasteiger charge is 2.26. The van der Waals surface area contributed by atoms with Gasteiger partial charge in [0, 0.05) is 36.2 Å². The van der Waals surface area contributed by atoms with Gasteiger partial charge in [-0.1, -0.05) is 0 Å². The lowest BCUT2D eigenvalue weighted by molar-refractivity contribution is 0.214. The first-order valence-electron chi connectivity index (χ1n) is 8.52. The maximum Gasteiger partial charge on any atom is 0.267 e. The van der Waals surface area contributed by atoms with Gasteiger partial charge in [-0.05, 0) is 37.6 Å². The van der Waals surface area contributed by atoms with Crippen molar-refractivity contribution < 1.29 is 0 Å². The van der Waals surface area contributed by atoms with Crippen molar-refractivity contribution in [1.82, 2.24) is 19.7 Å². The second-order valence-electron chi connectivity index (χ2n) is 6.56. The predicted octanol–water partition coefficient (Wildman–Crippen LogP) is 2.46. The van der Waals surface area contributed by atoms with Crippen molar-refractivity contribution in [2.45, 2.75) is 51.1 Å². The highest BCUT2D eigenvalue weighted by atomic mass is 32.2. The van der Waals surface area contributed by atoms with E-state index >= 15 is 0 Å². The predicted molar refractivity (Wildman–Crippen MR) is 98.6 cm³/mol. The fourth-order valence-electron chi connectivity index (χ4n) is 3.58. The monoisotopic (exact) mass is 362 g/mol. The molecule has 2 aliphatic heterocycles. The largest absolute Gasteiger partial charge is 0.293 e. The van der Waals surface area contributed by atoms with Crippen molar-refractivity contribution in [1.29, 1.82) is 0 Å². The van der Waals surface area contributed by atoms with Crippen molar-refractivity contribution >= 4 is 23.1 Å². The van der Waals surface area contributed by atoms with Gasteiger partial charge in [0.2, 0.25) is 0 Å². The third-order valence-electron chi connectivity index (χ3n) is 4.82. The van der Waals surface area contributed by atoms with Crippen molar-refractivity contribution in [3.05, 3.63) is 43.8 Å². The summed E-state index contributed by atoms with van der Waals surface area (Å²) in [5.74, 6) is 2.04. The van der Waals surface area contributed by atoms with Crippen LogP contribution in [0.1, 0.15) is 34.8 Å². The summed E-state index contributed by atoms with van der Waals surface area (Å²) in [6, 6.07) is 2.19. The van der Waals surface area contributed by atoms with Crippen LogP contribution in [0.3, 0.4) is 0 Å². The standard InChI is InChI=1S/C17H22N4OS2/c1-12-18-14(11-24-12)8-20-5-2-3-15(20)9-21-17(22)7-13-10-23-6-4-16(13)19-21/h7,11,15H,2-6,8-10H2,1H3. The van der Waals surface area contributed by atoms with Gasteiger partial charge in [-0.25, -0.2) is 9.67 Å². The second-order valence-corrected chi connectivity index (χ2v) is 8.73. The van der Waals surface area contributed by atoms with Gasteiger partial charge >= 0.3 is 0 Å². The van der Waals surface area contributed by atoms with Crippen LogP contribution in [0, 0.1) is 6.92 Å². The fourth-order valence-corrected chi connectivity index (χ4v) is 5.14. The van der Waals surface area contributed by atoms with E-state index in [0.717, 1.165) is 59.4 Å². The summed E-state index contributed by atoms with van der Waals surface area (Å²) >= 11 is 3.59. The fraction of sp³-hybridized carbons (Fsp3) is 0.588. The van der Waals surface area contributed by atoms with E-state index in [4.69, 9.17) is 0 Å². The molecule has 4 rings (SSSR count). The Balaban J connectivity index is 1.50. The minimum atomic E-state index is 0.0487. The van der Waals surface area contributed by atoms with E-state index in [2.05, 4.69) is 20.4 Å². The number of aryl methyl sites for hydroxylation is 2. The van der Waals surface area contributed by atoms with E-state index in [-0.39, 0.29) is 5.56 Å². The molecule has 4 heterocycles. The molecule has 1 saturated heterocycles. The van der Waals surface area contributed by atoms with Gasteiger partial charge in [-0.15, -0.1) is 11.3 Å². The van der Waals surface area contributed by atoms with Gasteiger partial charge in [0.15, 0.2) is 0 Å². The molecule has 0 aliphatic carbocycles. The summed E-state index contributed by atoms with van der Waals surface area (Å²) in [7, 11) is 0. The van der Waals surface area contributed by atoms with Crippen molar-refractivity contribution in [2.75, 3.05) is 12.3 Å². The quantitative estimate of drug-likeness (QED) is 0.836. The first-order chi connectivity index (χ1) is 11.7. The lowest BCUT2D eigenvalue weighted by atomic mass is 10.2. The van der Waals surface area contributed by atoms with Gasteiger partial charge in [0.25, 0.3) is 5.56 Å². The zero-order chi connectivity index (χ0) is 16.5. The SMILES string of the molecule is Cc1nc(CN2CCCC2Cn2nc3c(cc2=O)CSCC3)cs1. The Bertz CT molecular complexity index is 785. The van der Waals surface area contributed by atoms with Crippen LogP contribution >= 0.6 is 23.1 Å². The van der Waals surface area contributed by atoms with Crippen LogP contribution in [0.2, 0.25) is 0 Å². The molecule has 0 N–H and O–H groups in total. The molecule has 0 spiro atoms. The van der Waals surface area contributed by atoms with Gasteiger partial charge in [0.1, 0.15) is 0 Å². The average Bonchev–Trinajstić information content (AvgIpc) is 3.18. The molecule has 0 aromatic carbocycles. The highest BCUT2D eigenvalue weighted by Crippen LogP contribution is 2.23. The smallest absolute Gasteiger partial charge is 0.267 e. The molecule has 5 nitrogen and oxygen atoms in total. The number of likely N-dealkylation sites (tertiary alicyclic amines) is 1. The topological polar surface area (TPSA) is 51.0 Å². The van der Waals surface area contributed by atoms with E-state index in [9.17, 15) is 4.79 Å². The van der Waals surface area contributed by atoms with E-state index in [1.54, 1.807) is 22.1 Å². The van der Waals surface area contributed by atoms with E-state index in [1.807, 2.05) is 18.7 Å². The molecule has 2 aromatic heterocycles. The number of hydrogen-bond donors (Lipinski definition) is 0. The Morgan fingerprint density at radius 3 is 3.17 bits per heavy atom. The van der Waals surface area contributed by atoms with Gasteiger partial charge < -0.3 is 0 Å². The van der Waals surface area contributed by atoms with Crippen LogP contribution in [0.15, 0.2) is 16.2 Å². The lowest BCUT2D eigenvalue weighted by Gasteiger charge is -2.24. The van der Waals surface area contributed by atoms with Crippen LogP contribution in [0.5, 0.6) is 0 Å². The Kier molecular flexibility index (Phi) is 4.74. The number of thiazole rings is 1. The molecule has 2 aliphatic rings. The summed E-state index contributed by atoms with van der Waals surface area (Å²) in [6.07, 6.45) is 3.29. The van der Waals surface area contributed by atoms with Crippen LogP contribution in [-0.2, 0) is 25.3 Å².